The molecule has 0 aromatic carbocycles. The number of carbonyl (C=O) groups is 2. The van der Waals surface area contributed by atoms with Crippen molar-refractivity contribution in [2.24, 2.45) is 0 Å². The maximum absolute atomic E-state index is 11.5. The van der Waals surface area contributed by atoms with Crippen LogP contribution in [0.15, 0.2) is 0 Å². The summed E-state index contributed by atoms with van der Waals surface area (Å²) >= 11 is 0. The molecule has 2 fully saturated rings. The Balaban J connectivity index is 1.62. The molecule has 1 saturated heterocycles. The number of likely N-dealkylation sites (tertiary alicyclic amines) is 1. The van der Waals surface area contributed by atoms with Crippen LogP contribution in [0.1, 0.15) is 25.7 Å². The number of nitrogens with zero attached hydrogens (tertiary/aromatic N) is 1. The molecule has 1 aliphatic carbocycles. The molecule has 0 aromatic heterocycles. The first kappa shape index (κ1) is 10.3. The van der Waals surface area contributed by atoms with Crippen molar-refractivity contribution in [3.63, 3.8) is 0 Å². The molecule has 1 aliphatic heterocycles. The lowest BCUT2D eigenvalue weighted by Crippen LogP contribution is -2.43. The number of urea groups is 1. The van der Waals surface area contributed by atoms with Crippen LogP contribution in [0.5, 0.6) is 0 Å². The number of carbonyl (C=O) groups excluding carboxylic acids is 2. The maximum Gasteiger partial charge on any atom is 0.317 e. The Labute approximate surface area is 89.2 Å². The van der Waals surface area contributed by atoms with Crippen LogP contribution in [0.25, 0.3) is 0 Å². The van der Waals surface area contributed by atoms with Crippen LogP contribution < -0.4 is 10.6 Å². The van der Waals surface area contributed by atoms with Crippen molar-refractivity contribution in [3.05, 3.63) is 0 Å². The zero-order valence-corrected chi connectivity index (χ0v) is 8.79. The summed E-state index contributed by atoms with van der Waals surface area (Å²) < 4.78 is 0. The normalized spacial score (nSPS) is 20.1. The second kappa shape index (κ2) is 4.51. The molecule has 0 spiro atoms. The lowest BCUT2D eigenvalue weighted by Gasteiger charge is -2.15. The number of nitrogens with one attached hydrogen (secondary N) is 2. The summed E-state index contributed by atoms with van der Waals surface area (Å²) in [5.41, 5.74) is 0. The Morgan fingerprint density at radius 3 is 2.47 bits per heavy atom. The zero-order chi connectivity index (χ0) is 10.7. The molecule has 5 nitrogen and oxygen atoms in total. The highest BCUT2D eigenvalue weighted by Gasteiger charge is 2.24. The Bertz CT molecular complexity index is 257. The molecule has 2 N–H and O–H groups in total. The predicted octanol–water partition coefficient (Wildman–Crippen LogP) is 0.0704. The molecule has 0 aromatic rings. The molecule has 0 radical (unpaired) electrons. The first-order valence-electron chi connectivity index (χ1n) is 5.58. The summed E-state index contributed by atoms with van der Waals surface area (Å²) in [5, 5.41) is 5.46. The van der Waals surface area contributed by atoms with Crippen molar-refractivity contribution in [3.8, 4) is 0 Å². The number of hydrogen-bond donors (Lipinski definition) is 2. The minimum absolute atomic E-state index is 0.0787. The fourth-order valence-electron chi connectivity index (χ4n) is 1.69. The van der Waals surface area contributed by atoms with Crippen LogP contribution in [-0.4, -0.2) is 42.5 Å². The smallest absolute Gasteiger partial charge is 0.317 e. The lowest BCUT2D eigenvalue weighted by molar-refractivity contribution is -0.120. The maximum atomic E-state index is 11.5. The molecule has 2 aliphatic rings. The molecular weight excluding hydrogens is 194 g/mol. The average molecular weight is 211 g/mol. The van der Waals surface area contributed by atoms with E-state index in [1.165, 1.54) is 0 Å². The first-order chi connectivity index (χ1) is 7.25. The molecule has 84 valence electrons. The molecule has 0 atom stereocenters. The van der Waals surface area contributed by atoms with Gasteiger partial charge in [-0.15, -0.1) is 0 Å². The van der Waals surface area contributed by atoms with Gasteiger partial charge < -0.3 is 15.5 Å². The molecule has 0 bridgehead atoms. The summed E-state index contributed by atoms with van der Waals surface area (Å²) in [6.07, 6.45) is 4.29. The number of hydrogen-bond acceptors (Lipinski definition) is 2. The van der Waals surface area contributed by atoms with Gasteiger partial charge >= 0.3 is 6.03 Å². The van der Waals surface area contributed by atoms with Gasteiger partial charge in [-0.25, -0.2) is 4.79 Å². The van der Waals surface area contributed by atoms with Gasteiger partial charge in [-0.3, -0.25) is 4.79 Å². The van der Waals surface area contributed by atoms with Crippen molar-refractivity contribution >= 4 is 11.9 Å². The molecule has 3 amide bonds. The largest absolute Gasteiger partial charge is 0.352 e. The van der Waals surface area contributed by atoms with Gasteiger partial charge in [0.2, 0.25) is 5.91 Å². The Hall–Kier alpha value is -1.26. The van der Waals surface area contributed by atoms with E-state index in [1.54, 1.807) is 4.90 Å². The van der Waals surface area contributed by atoms with Crippen LogP contribution in [0, 0.1) is 0 Å². The van der Waals surface area contributed by atoms with E-state index in [0.29, 0.717) is 6.04 Å². The second-order valence-corrected chi connectivity index (χ2v) is 4.19. The van der Waals surface area contributed by atoms with Crippen LogP contribution in [0.4, 0.5) is 4.79 Å². The van der Waals surface area contributed by atoms with E-state index in [2.05, 4.69) is 10.6 Å². The fraction of sp³-hybridized carbons (Fsp3) is 0.800. The van der Waals surface area contributed by atoms with Crippen molar-refractivity contribution in [2.45, 2.75) is 31.7 Å². The SMILES string of the molecule is O=C(CNC(=O)N1CCCC1)NC1CC1. The molecule has 5 heteroatoms. The number of rotatable bonds is 3. The summed E-state index contributed by atoms with van der Waals surface area (Å²) in [7, 11) is 0. The third-order valence-electron chi connectivity index (χ3n) is 2.74. The quantitative estimate of drug-likeness (QED) is 0.694. The van der Waals surface area contributed by atoms with Gasteiger partial charge in [0, 0.05) is 19.1 Å². The van der Waals surface area contributed by atoms with Gasteiger partial charge in [0.1, 0.15) is 0 Å². The van der Waals surface area contributed by atoms with E-state index in [4.69, 9.17) is 0 Å². The van der Waals surface area contributed by atoms with E-state index >= 15 is 0 Å². The van der Waals surface area contributed by atoms with Crippen molar-refractivity contribution in [1.29, 1.82) is 0 Å². The molecule has 1 saturated carbocycles. The molecule has 0 unspecified atom stereocenters. The van der Waals surface area contributed by atoms with E-state index in [9.17, 15) is 9.59 Å². The first-order valence-corrected chi connectivity index (χ1v) is 5.58. The Morgan fingerprint density at radius 1 is 1.20 bits per heavy atom. The summed E-state index contributed by atoms with van der Waals surface area (Å²) in [6, 6.07) is 0.250. The molecule has 15 heavy (non-hydrogen) atoms. The van der Waals surface area contributed by atoms with Crippen molar-refractivity contribution < 1.29 is 9.59 Å². The van der Waals surface area contributed by atoms with Crippen LogP contribution in [0.3, 0.4) is 0 Å². The topological polar surface area (TPSA) is 61.4 Å². The monoisotopic (exact) mass is 211 g/mol. The van der Waals surface area contributed by atoms with Gasteiger partial charge in [-0.2, -0.15) is 0 Å². The third-order valence-corrected chi connectivity index (χ3v) is 2.74. The predicted molar refractivity (Wildman–Crippen MR) is 55.4 cm³/mol. The second-order valence-electron chi connectivity index (χ2n) is 4.19. The Morgan fingerprint density at radius 2 is 1.87 bits per heavy atom. The lowest BCUT2D eigenvalue weighted by atomic mass is 10.4. The van der Waals surface area contributed by atoms with E-state index < -0.39 is 0 Å². The van der Waals surface area contributed by atoms with Gasteiger partial charge in [-0.1, -0.05) is 0 Å². The highest BCUT2D eigenvalue weighted by Crippen LogP contribution is 2.18. The van der Waals surface area contributed by atoms with Gasteiger partial charge in [0.25, 0.3) is 0 Å². The molecule has 2 rings (SSSR count). The van der Waals surface area contributed by atoms with E-state index in [0.717, 1.165) is 38.8 Å². The number of amides is 3. The van der Waals surface area contributed by atoms with Gasteiger partial charge in [-0.05, 0) is 25.7 Å². The van der Waals surface area contributed by atoms with Gasteiger partial charge in [0.05, 0.1) is 6.54 Å². The molecular formula is C10H17N3O2. The minimum Gasteiger partial charge on any atom is -0.352 e. The minimum atomic E-state index is -0.113. The van der Waals surface area contributed by atoms with E-state index in [1.807, 2.05) is 0 Å². The van der Waals surface area contributed by atoms with Crippen LogP contribution in [0.2, 0.25) is 0 Å². The van der Waals surface area contributed by atoms with Gasteiger partial charge in [0.15, 0.2) is 0 Å². The van der Waals surface area contributed by atoms with Crippen molar-refractivity contribution in [1.82, 2.24) is 15.5 Å². The Kier molecular flexibility index (Phi) is 3.08. The zero-order valence-electron chi connectivity index (χ0n) is 8.79. The fourth-order valence-corrected chi connectivity index (χ4v) is 1.69. The standard InChI is InChI=1S/C10H17N3O2/c14-9(12-8-3-4-8)7-11-10(15)13-5-1-2-6-13/h8H,1-7H2,(H,11,15)(H,12,14). The summed E-state index contributed by atoms with van der Waals surface area (Å²) in [5.74, 6) is -0.0787. The highest BCUT2D eigenvalue weighted by molar-refractivity contribution is 5.84. The third kappa shape index (κ3) is 3.11. The summed E-state index contributed by atoms with van der Waals surface area (Å²) in [6.45, 7) is 1.73. The summed E-state index contributed by atoms with van der Waals surface area (Å²) in [4.78, 5) is 24.5. The molecule has 1 heterocycles. The van der Waals surface area contributed by atoms with Crippen LogP contribution >= 0.6 is 0 Å². The highest BCUT2D eigenvalue weighted by atomic mass is 16.2. The average Bonchev–Trinajstić information content (AvgIpc) is 2.86. The van der Waals surface area contributed by atoms with Crippen molar-refractivity contribution in [2.75, 3.05) is 19.6 Å². The van der Waals surface area contributed by atoms with Crippen LogP contribution in [-0.2, 0) is 4.79 Å². The van der Waals surface area contributed by atoms with E-state index in [-0.39, 0.29) is 18.5 Å².